The average molecular weight is 293 g/mol. The molecule has 1 aliphatic rings. The fraction of sp³-hybridized carbons (Fsp3) is 0.158. The minimum atomic E-state index is -0.505. The molecule has 2 aromatic rings. The zero-order chi connectivity index (χ0) is 14.7. The first-order chi connectivity index (χ1) is 10.3. The van der Waals surface area contributed by atoms with Crippen LogP contribution in [-0.2, 0) is 0 Å². The first-order valence-corrected chi connectivity index (χ1v) is 8.66. The lowest BCUT2D eigenvalue weighted by atomic mass is 10.0. The van der Waals surface area contributed by atoms with E-state index in [-0.39, 0.29) is 6.04 Å². The van der Waals surface area contributed by atoms with Crippen LogP contribution in [0.2, 0.25) is 0 Å². The number of hydrogen-bond donors (Lipinski definition) is 1. The summed E-state index contributed by atoms with van der Waals surface area (Å²) in [6, 6.07) is 21.7. The van der Waals surface area contributed by atoms with Crippen molar-refractivity contribution in [2.45, 2.75) is 13.0 Å². The van der Waals surface area contributed by atoms with Gasteiger partial charge < -0.3 is 5.73 Å². The predicted molar refractivity (Wildman–Crippen MR) is 93.4 cm³/mol. The third kappa shape index (κ3) is 3.00. The van der Waals surface area contributed by atoms with Crippen LogP contribution in [0.1, 0.15) is 6.92 Å². The Labute approximate surface area is 127 Å². The number of benzene rings is 2. The van der Waals surface area contributed by atoms with E-state index in [4.69, 9.17) is 5.73 Å². The van der Waals surface area contributed by atoms with Crippen LogP contribution < -0.4 is 16.3 Å². The van der Waals surface area contributed by atoms with Crippen molar-refractivity contribution in [2.24, 2.45) is 11.7 Å². The second-order valence-corrected chi connectivity index (χ2v) is 7.59. The van der Waals surface area contributed by atoms with E-state index in [0.717, 1.165) is 0 Å². The molecule has 0 spiro atoms. The monoisotopic (exact) mass is 293 g/mol. The van der Waals surface area contributed by atoms with Crippen molar-refractivity contribution < 1.29 is 0 Å². The molecule has 0 radical (unpaired) electrons. The Morgan fingerprint density at radius 1 is 0.905 bits per heavy atom. The molecule has 0 saturated heterocycles. The van der Waals surface area contributed by atoms with Gasteiger partial charge in [-0.15, -0.1) is 0 Å². The summed E-state index contributed by atoms with van der Waals surface area (Å²) in [4.78, 5) is 0. The van der Waals surface area contributed by atoms with Crippen molar-refractivity contribution in [1.29, 1.82) is 0 Å². The maximum Gasteiger partial charge on any atom is 0.0181 e. The highest BCUT2D eigenvalue weighted by Gasteiger charge is 2.27. The molecule has 0 amide bonds. The van der Waals surface area contributed by atoms with Gasteiger partial charge in [-0.3, -0.25) is 0 Å². The fourth-order valence-electron chi connectivity index (χ4n) is 2.75. The molecule has 3 rings (SSSR count). The van der Waals surface area contributed by atoms with Crippen LogP contribution in [0.4, 0.5) is 0 Å². The number of hydrogen-bond acceptors (Lipinski definition) is 1. The molecule has 106 valence electrons. The molecule has 2 heteroatoms. The molecule has 0 saturated carbocycles. The Balaban J connectivity index is 2.06. The second kappa shape index (κ2) is 6.39. The normalized spacial score (nSPS) is 18.8. The molecule has 0 aliphatic heterocycles. The van der Waals surface area contributed by atoms with E-state index in [1.165, 1.54) is 15.9 Å². The molecule has 2 N–H and O–H groups in total. The van der Waals surface area contributed by atoms with Gasteiger partial charge in [0.05, 0.1) is 0 Å². The molecule has 1 aliphatic carbocycles. The number of rotatable bonds is 4. The van der Waals surface area contributed by atoms with E-state index in [1.54, 1.807) is 0 Å². The van der Waals surface area contributed by atoms with Gasteiger partial charge in [-0.2, -0.15) is 0 Å². The van der Waals surface area contributed by atoms with E-state index >= 15 is 0 Å². The van der Waals surface area contributed by atoms with Gasteiger partial charge in [0.1, 0.15) is 0 Å². The Morgan fingerprint density at radius 2 is 1.43 bits per heavy atom. The Bertz CT molecular complexity index is 604. The van der Waals surface area contributed by atoms with Gasteiger partial charge >= 0.3 is 0 Å². The average Bonchev–Trinajstić information content (AvgIpc) is 2.99. The van der Waals surface area contributed by atoms with Crippen molar-refractivity contribution in [1.82, 2.24) is 0 Å². The Hall–Kier alpha value is -1.69. The van der Waals surface area contributed by atoms with Crippen LogP contribution in [0.15, 0.2) is 84.2 Å². The molecule has 2 aromatic carbocycles. The van der Waals surface area contributed by atoms with E-state index < -0.39 is 7.92 Å². The topological polar surface area (TPSA) is 26.0 Å². The third-order valence-electron chi connectivity index (χ3n) is 3.78. The van der Waals surface area contributed by atoms with Gasteiger partial charge in [-0.1, -0.05) is 78.9 Å². The minimum absolute atomic E-state index is 0.146. The van der Waals surface area contributed by atoms with Crippen LogP contribution in [-0.4, -0.2) is 6.04 Å². The first kappa shape index (κ1) is 14.3. The van der Waals surface area contributed by atoms with Crippen molar-refractivity contribution in [3.8, 4) is 0 Å². The first-order valence-electron chi connectivity index (χ1n) is 7.31. The lowest BCUT2D eigenvalue weighted by molar-refractivity contribution is 0.632. The Kier molecular flexibility index (Phi) is 4.34. The largest absolute Gasteiger partial charge is 0.327 e. The summed E-state index contributed by atoms with van der Waals surface area (Å²) < 4.78 is 0. The van der Waals surface area contributed by atoms with Gasteiger partial charge in [-0.05, 0) is 30.8 Å². The smallest absolute Gasteiger partial charge is 0.0181 e. The van der Waals surface area contributed by atoms with Crippen molar-refractivity contribution in [3.05, 3.63) is 84.2 Å². The zero-order valence-electron chi connectivity index (χ0n) is 12.2. The zero-order valence-corrected chi connectivity index (χ0v) is 13.1. The standard InChI is InChI=1S/C19H20NP/c1-15(20)18-13-8-14-19(18)21(16-9-4-2-5-10-16)17-11-6-3-7-12-17/h2-15,18H,20H2,1H3. The van der Waals surface area contributed by atoms with Gasteiger partial charge in [0.25, 0.3) is 0 Å². The lowest BCUT2D eigenvalue weighted by Crippen LogP contribution is -2.27. The molecule has 0 fully saturated rings. The van der Waals surface area contributed by atoms with Crippen molar-refractivity contribution in [3.63, 3.8) is 0 Å². The number of nitrogens with two attached hydrogens (primary N) is 1. The SMILES string of the molecule is CC(N)C1C=CC=C1P(c1ccccc1)c1ccccc1. The fourth-order valence-corrected chi connectivity index (χ4v) is 5.44. The van der Waals surface area contributed by atoms with Crippen LogP contribution in [0.3, 0.4) is 0 Å². The summed E-state index contributed by atoms with van der Waals surface area (Å²) in [6.45, 7) is 2.09. The molecular formula is C19H20NP. The summed E-state index contributed by atoms with van der Waals surface area (Å²) in [5, 5.41) is 4.23. The highest BCUT2D eigenvalue weighted by molar-refractivity contribution is 7.76. The summed E-state index contributed by atoms with van der Waals surface area (Å²) in [5.74, 6) is 0.344. The molecule has 2 unspecified atom stereocenters. The quantitative estimate of drug-likeness (QED) is 0.857. The van der Waals surface area contributed by atoms with E-state index in [9.17, 15) is 0 Å². The predicted octanol–water partition coefficient (Wildman–Crippen LogP) is 3.54. The molecule has 1 nitrogen and oxygen atoms in total. The molecule has 0 aromatic heterocycles. The van der Waals surface area contributed by atoms with E-state index in [1.807, 2.05) is 0 Å². The van der Waals surface area contributed by atoms with Crippen LogP contribution in [0, 0.1) is 5.92 Å². The summed E-state index contributed by atoms with van der Waals surface area (Å²) in [5.41, 5.74) is 6.20. The molecule has 0 heterocycles. The van der Waals surface area contributed by atoms with E-state index in [0.29, 0.717) is 5.92 Å². The van der Waals surface area contributed by atoms with Gasteiger partial charge in [0.15, 0.2) is 0 Å². The van der Waals surface area contributed by atoms with Gasteiger partial charge in [0.2, 0.25) is 0 Å². The van der Waals surface area contributed by atoms with Gasteiger partial charge in [-0.25, -0.2) is 0 Å². The molecule has 2 atom stereocenters. The highest BCUT2D eigenvalue weighted by Crippen LogP contribution is 2.49. The maximum absolute atomic E-state index is 6.20. The molecule has 21 heavy (non-hydrogen) atoms. The molecule has 0 bridgehead atoms. The molecular weight excluding hydrogens is 273 g/mol. The Morgan fingerprint density at radius 3 is 1.90 bits per heavy atom. The van der Waals surface area contributed by atoms with Crippen LogP contribution in [0.5, 0.6) is 0 Å². The van der Waals surface area contributed by atoms with Gasteiger partial charge in [0, 0.05) is 12.0 Å². The van der Waals surface area contributed by atoms with Crippen molar-refractivity contribution >= 4 is 18.5 Å². The summed E-state index contributed by atoms with van der Waals surface area (Å²) >= 11 is 0. The maximum atomic E-state index is 6.20. The second-order valence-electron chi connectivity index (χ2n) is 5.37. The third-order valence-corrected chi connectivity index (χ3v) is 6.37. The highest BCUT2D eigenvalue weighted by atomic mass is 31.1. The summed E-state index contributed by atoms with van der Waals surface area (Å²) in [6.07, 6.45) is 6.66. The van der Waals surface area contributed by atoms with Crippen LogP contribution in [0.25, 0.3) is 0 Å². The summed E-state index contributed by atoms with van der Waals surface area (Å²) in [7, 11) is -0.505. The minimum Gasteiger partial charge on any atom is -0.327 e. The lowest BCUT2D eigenvalue weighted by Gasteiger charge is -2.27. The van der Waals surface area contributed by atoms with Crippen molar-refractivity contribution in [2.75, 3.05) is 0 Å². The number of allylic oxidation sites excluding steroid dienone is 2. The van der Waals surface area contributed by atoms with E-state index in [2.05, 4.69) is 85.8 Å². The van der Waals surface area contributed by atoms with Crippen LogP contribution >= 0.6 is 7.92 Å².